The van der Waals surface area contributed by atoms with Crippen molar-refractivity contribution in [1.29, 1.82) is 0 Å². The van der Waals surface area contributed by atoms with E-state index in [1.54, 1.807) is 0 Å². The highest BCUT2D eigenvalue weighted by molar-refractivity contribution is 9.09. The van der Waals surface area contributed by atoms with Crippen molar-refractivity contribution in [2.24, 2.45) is 0 Å². The highest BCUT2D eigenvalue weighted by Crippen LogP contribution is 2.29. The summed E-state index contributed by atoms with van der Waals surface area (Å²) >= 11 is 9.29. The van der Waals surface area contributed by atoms with Crippen molar-refractivity contribution in [3.63, 3.8) is 0 Å². The molecule has 42 valence electrons. The van der Waals surface area contributed by atoms with E-state index in [0.717, 1.165) is 0 Å². The van der Waals surface area contributed by atoms with Crippen LogP contribution in [0.2, 0.25) is 0 Å². The maximum absolute atomic E-state index is 5.82. The molecule has 0 nitrogen and oxygen atoms in total. The second kappa shape index (κ2) is 2.36. The second-order valence-electron chi connectivity index (χ2n) is 1.96. The molecule has 1 rings (SSSR count). The van der Waals surface area contributed by atoms with E-state index in [9.17, 15) is 0 Å². The Labute approximate surface area is 57.4 Å². The predicted octanol–water partition coefficient (Wildman–Crippen LogP) is 2.54. The highest BCUT2D eigenvalue weighted by atomic mass is 79.9. The minimum atomic E-state index is 0.403. The monoisotopic (exact) mass is 182 g/mol. The molecule has 1 aliphatic carbocycles. The molecule has 0 bridgehead atoms. The largest absolute Gasteiger partial charge is 0.122 e. The molecule has 0 aromatic carbocycles. The molecule has 0 aromatic heterocycles. The molecule has 0 amide bonds. The van der Waals surface area contributed by atoms with Crippen LogP contribution >= 0.6 is 27.5 Å². The van der Waals surface area contributed by atoms with Gasteiger partial charge in [0.05, 0.1) is 0 Å². The van der Waals surface area contributed by atoms with Crippen LogP contribution in [0.5, 0.6) is 0 Å². The molecule has 0 aromatic rings. The van der Waals surface area contributed by atoms with E-state index >= 15 is 0 Å². The van der Waals surface area contributed by atoms with E-state index in [0.29, 0.717) is 10.2 Å². The quantitative estimate of drug-likeness (QED) is 0.506. The molecule has 1 unspecified atom stereocenters. The third-order valence-corrected chi connectivity index (χ3v) is 3.28. The normalized spacial score (nSPS) is 42.0. The summed E-state index contributed by atoms with van der Waals surface area (Å²) in [5, 5.41) is 0.403. The van der Waals surface area contributed by atoms with Crippen molar-refractivity contribution in [2.45, 2.75) is 29.5 Å². The van der Waals surface area contributed by atoms with Crippen LogP contribution in [0.25, 0.3) is 0 Å². The molecule has 0 heterocycles. The molecule has 2 heteroatoms. The van der Waals surface area contributed by atoms with Crippen LogP contribution in [0.15, 0.2) is 0 Å². The van der Waals surface area contributed by atoms with Crippen LogP contribution in [0.4, 0.5) is 0 Å². The number of halogens is 2. The van der Waals surface area contributed by atoms with Gasteiger partial charge < -0.3 is 0 Å². The van der Waals surface area contributed by atoms with Gasteiger partial charge in [-0.25, -0.2) is 0 Å². The number of alkyl halides is 2. The van der Waals surface area contributed by atoms with Crippen molar-refractivity contribution in [3.05, 3.63) is 0 Å². The van der Waals surface area contributed by atoms with E-state index in [-0.39, 0.29) is 0 Å². The Kier molecular flexibility index (Phi) is 1.99. The Bertz CT molecular complexity index is 57.1. The molecule has 2 atom stereocenters. The lowest BCUT2D eigenvalue weighted by Gasteiger charge is -2.00. The van der Waals surface area contributed by atoms with Crippen molar-refractivity contribution in [1.82, 2.24) is 0 Å². The molecule has 1 fully saturated rings. The smallest absolute Gasteiger partial charge is 0.0461 e. The highest BCUT2D eigenvalue weighted by Gasteiger charge is 2.21. The summed E-state index contributed by atoms with van der Waals surface area (Å²) in [5.74, 6) is 0. The number of rotatable bonds is 0. The Hall–Kier alpha value is 0.770. The van der Waals surface area contributed by atoms with E-state index in [1.165, 1.54) is 19.3 Å². The maximum Gasteiger partial charge on any atom is 0.0461 e. The summed E-state index contributed by atoms with van der Waals surface area (Å²) in [6, 6.07) is 0. The summed E-state index contributed by atoms with van der Waals surface area (Å²) in [6.45, 7) is 0. The van der Waals surface area contributed by atoms with Gasteiger partial charge in [-0.3, -0.25) is 0 Å². The average Bonchev–Trinajstić information content (AvgIpc) is 1.91. The molecule has 7 heavy (non-hydrogen) atoms. The van der Waals surface area contributed by atoms with Gasteiger partial charge in [0, 0.05) is 10.2 Å². The van der Waals surface area contributed by atoms with Gasteiger partial charge in [0.2, 0.25) is 0 Å². The van der Waals surface area contributed by atoms with E-state index in [2.05, 4.69) is 15.9 Å². The molecular formula is C5H8BrCl. The molecule has 1 saturated carbocycles. The molecule has 0 spiro atoms. The Morgan fingerprint density at radius 1 is 1.43 bits per heavy atom. The first-order valence-corrected chi connectivity index (χ1v) is 3.94. The minimum Gasteiger partial charge on any atom is -0.122 e. The first-order valence-electron chi connectivity index (χ1n) is 2.59. The molecule has 1 aliphatic rings. The Morgan fingerprint density at radius 3 is 2.29 bits per heavy atom. The molecular weight excluding hydrogens is 175 g/mol. The van der Waals surface area contributed by atoms with Crippen molar-refractivity contribution in [2.75, 3.05) is 0 Å². The minimum absolute atomic E-state index is 0.403. The zero-order chi connectivity index (χ0) is 5.28. The van der Waals surface area contributed by atoms with Crippen molar-refractivity contribution < 1.29 is 0 Å². The molecule has 0 saturated heterocycles. The molecule has 0 aliphatic heterocycles. The van der Waals surface area contributed by atoms with E-state index in [4.69, 9.17) is 11.6 Å². The number of hydrogen-bond donors (Lipinski definition) is 0. The Morgan fingerprint density at radius 2 is 2.14 bits per heavy atom. The molecule has 0 N–H and O–H groups in total. The summed E-state index contributed by atoms with van der Waals surface area (Å²) in [4.78, 5) is 0.592. The van der Waals surface area contributed by atoms with E-state index in [1.807, 2.05) is 0 Å². The summed E-state index contributed by atoms with van der Waals surface area (Å²) < 4.78 is 0. The maximum atomic E-state index is 5.82. The number of hydrogen-bond acceptors (Lipinski definition) is 0. The lowest BCUT2D eigenvalue weighted by Crippen LogP contribution is -2.02. The SMILES string of the molecule is ClC1CCC[C@H]1Br. The van der Waals surface area contributed by atoms with Crippen LogP contribution in [0, 0.1) is 0 Å². The molecule has 0 radical (unpaired) electrons. The lowest BCUT2D eigenvalue weighted by atomic mass is 10.4. The Balaban J connectivity index is 2.33. The van der Waals surface area contributed by atoms with Gasteiger partial charge in [0.15, 0.2) is 0 Å². The van der Waals surface area contributed by atoms with Gasteiger partial charge in [-0.05, 0) is 12.8 Å². The first kappa shape index (κ1) is 5.90. The van der Waals surface area contributed by atoms with Gasteiger partial charge in [0.25, 0.3) is 0 Å². The zero-order valence-corrected chi connectivity index (χ0v) is 6.37. The van der Waals surface area contributed by atoms with Gasteiger partial charge in [-0.2, -0.15) is 0 Å². The van der Waals surface area contributed by atoms with Crippen LogP contribution < -0.4 is 0 Å². The second-order valence-corrected chi connectivity index (χ2v) is 3.70. The lowest BCUT2D eigenvalue weighted by molar-refractivity contribution is 0.889. The average molecular weight is 183 g/mol. The fourth-order valence-corrected chi connectivity index (χ4v) is 1.74. The zero-order valence-electron chi connectivity index (χ0n) is 4.03. The standard InChI is InChI=1S/C5H8BrCl/c6-4-2-1-3-5(4)7/h4-5H,1-3H2/t4-,5?/m1/s1. The van der Waals surface area contributed by atoms with Gasteiger partial charge in [-0.1, -0.05) is 22.4 Å². The summed E-state index contributed by atoms with van der Waals surface area (Å²) in [5.41, 5.74) is 0. The van der Waals surface area contributed by atoms with Crippen molar-refractivity contribution in [3.8, 4) is 0 Å². The third kappa shape index (κ3) is 1.33. The van der Waals surface area contributed by atoms with Crippen LogP contribution in [-0.2, 0) is 0 Å². The fraction of sp³-hybridized carbons (Fsp3) is 1.00. The predicted molar refractivity (Wildman–Crippen MR) is 36.2 cm³/mol. The van der Waals surface area contributed by atoms with Crippen LogP contribution in [0.3, 0.4) is 0 Å². The van der Waals surface area contributed by atoms with Gasteiger partial charge in [0.1, 0.15) is 0 Å². The fourth-order valence-electron chi connectivity index (χ4n) is 0.870. The first-order chi connectivity index (χ1) is 3.30. The third-order valence-electron chi connectivity index (χ3n) is 1.35. The van der Waals surface area contributed by atoms with Gasteiger partial charge in [-0.15, -0.1) is 11.6 Å². The van der Waals surface area contributed by atoms with Crippen LogP contribution in [-0.4, -0.2) is 10.2 Å². The van der Waals surface area contributed by atoms with Crippen LogP contribution in [0.1, 0.15) is 19.3 Å². The summed E-state index contributed by atoms with van der Waals surface area (Å²) in [7, 11) is 0. The van der Waals surface area contributed by atoms with Gasteiger partial charge >= 0.3 is 0 Å². The topological polar surface area (TPSA) is 0 Å². The summed E-state index contributed by atoms with van der Waals surface area (Å²) in [6.07, 6.45) is 3.75. The van der Waals surface area contributed by atoms with Crippen molar-refractivity contribution >= 4 is 27.5 Å². The van der Waals surface area contributed by atoms with E-state index < -0.39 is 0 Å².